The van der Waals surface area contributed by atoms with E-state index in [1.807, 2.05) is 6.07 Å². The minimum absolute atomic E-state index is 0.115. The number of amides is 1. The molecule has 1 aromatic heterocycles. The van der Waals surface area contributed by atoms with Gasteiger partial charge >= 0.3 is 0 Å². The molecule has 0 bridgehead atoms. The van der Waals surface area contributed by atoms with Crippen LogP contribution in [0.2, 0.25) is 0 Å². The van der Waals surface area contributed by atoms with Gasteiger partial charge in [0.05, 0.1) is 21.4 Å². The third-order valence-electron chi connectivity index (χ3n) is 3.40. The molecule has 0 spiro atoms. The monoisotopic (exact) mass is 368 g/mol. The molecule has 124 valence electrons. The number of carbonyl (C=O) groups excluding carboxylic acids is 1. The summed E-state index contributed by atoms with van der Waals surface area (Å²) in [6.07, 6.45) is 0. The van der Waals surface area contributed by atoms with E-state index in [4.69, 9.17) is 5.26 Å². The SMILES string of the molecule is N#Cc1ccc(NC(=O)c2ccc(S(=O)(=O)c3ccccc3)s2)cc1. The van der Waals surface area contributed by atoms with E-state index in [0.717, 1.165) is 11.3 Å². The molecular weight excluding hydrogens is 356 g/mol. The number of nitrogens with zero attached hydrogens (tertiary/aromatic N) is 1. The van der Waals surface area contributed by atoms with E-state index in [0.29, 0.717) is 16.1 Å². The van der Waals surface area contributed by atoms with Gasteiger partial charge in [0.25, 0.3) is 5.91 Å². The van der Waals surface area contributed by atoms with Crippen LogP contribution < -0.4 is 5.32 Å². The van der Waals surface area contributed by atoms with Crippen molar-refractivity contribution in [2.75, 3.05) is 5.32 Å². The quantitative estimate of drug-likeness (QED) is 0.760. The number of sulfone groups is 1. The molecule has 25 heavy (non-hydrogen) atoms. The Bertz CT molecular complexity index is 1050. The Labute approximate surface area is 149 Å². The van der Waals surface area contributed by atoms with Gasteiger partial charge in [0, 0.05) is 5.69 Å². The molecule has 0 atom stereocenters. The number of hydrogen-bond acceptors (Lipinski definition) is 5. The molecular formula is C18H12N2O3S2. The Balaban J connectivity index is 1.81. The molecule has 7 heteroatoms. The Hall–Kier alpha value is -2.95. The minimum Gasteiger partial charge on any atom is -0.321 e. The van der Waals surface area contributed by atoms with E-state index in [2.05, 4.69) is 5.32 Å². The lowest BCUT2D eigenvalue weighted by Crippen LogP contribution is -2.09. The topological polar surface area (TPSA) is 87.0 Å². The van der Waals surface area contributed by atoms with Crippen molar-refractivity contribution in [1.29, 1.82) is 5.26 Å². The fraction of sp³-hybridized carbons (Fsp3) is 0. The summed E-state index contributed by atoms with van der Waals surface area (Å²) in [6.45, 7) is 0. The summed E-state index contributed by atoms with van der Waals surface area (Å²) in [5.74, 6) is -0.399. The van der Waals surface area contributed by atoms with Crippen molar-refractivity contribution in [2.24, 2.45) is 0 Å². The molecule has 5 nitrogen and oxygen atoms in total. The molecule has 0 aliphatic rings. The van der Waals surface area contributed by atoms with Crippen LogP contribution in [0, 0.1) is 11.3 Å². The largest absolute Gasteiger partial charge is 0.321 e. The van der Waals surface area contributed by atoms with Gasteiger partial charge in [-0.2, -0.15) is 5.26 Å². The van der Waals surface area contributed by atoms with Crippen molar-refractivity contribution < 1.29 is 13.2 Å². The number of benzene rings is 2. The molecule has 0 radical (unpaired) electrons. The molecule has 2 aromatic carbocycles. The molecule has 1 heterocycles. The van der Waals surface area contributed by atoms with Crippen LogP contribution in [0.4, 0.5) is 5.69 Å². The fourth-order valence-corrected chi connectivity index (χ4v) is 4.75. The number of carbonyl (C=O) groups is 1. The molecule has 1 N–H and O–H groups in total. The predicted molar refractivity (Wildman–Crippen MR) is 95.3 cm³/mol. The Morgan fingerprint density at radius 2 is 1.64 bits per heavy atom. The molecule has 0 fully saturated rings. The minimum atomic E-state index is -3.63. The standard InChI is InChI=1S/C18H12N2O3S2/c19-12-13-6-8-14(9-7-13)20-18(21)16-10-11-17(24-16)25(22,23)15-4-2-1-3-5-15/h1-11H,(H,20,21). The van der Waals surface area contributed by atoms with Gasteiger partial charge in [-0.3, -0.25) is 4.79 Å². The number of rotatable bonds is 4. The lowest BCUT2D eigenvalue weighted by molar-refractivity contribution is 0.103. The van der Waals surface area contributed by atoms with Gasteiger partial charge in [-0.25, -0.2) is 8.42 Å². The predicted octanol–water partition coefficient (Wildman–Crippen LogP) is 3.70. The van der Waals surface area contributed by atoms with E-state index in [-0.39, 0.29) is 9.10 Å². The second kappa shape index (κ2) is 6.89. The highest BCUT2D eigenvalue weighted by atomic mass is 32.2. The van der Waals surface area contributed by atoms with Crippen LogP contribution in [0.25, 0.3) is 0 Å². The van der Waals surface area contributed by atoms with E-state index in [1.54, 1.807) is 42.5 Å². The highest BCUT2D eigenvalue weighted by Gasteiger charge is 2.21. The van der Waals surface area contributed by atoms with Gasteiger partial charge in [0.1, 0.15) is 4.21 Å². The zero-order chi connectivity index (χ0) is 17.9. The summed E-state index contributed by atoms with van der Waals surface area (Å²) in [5.41, 5.74) is 1.02. The molecule has 1 amide bonds. The van der Waals surface area contributed by atoms with Crippen molar-refractivity contribution in [3.63, 3.8) is 0 Å². The third-order valence-corrected chi connectivity index (χ3v) is 6.74. The van der Waals surface area contributed by atoms with Crippen molar-refractivity contribution >= 4 is 32.8 Å². The van der Waals surface area contributed by atoms with Crippen molar-refractivity contribution in [1.82, 2.24) is 0 Å². The van der Waals surface area contributed by atoms with E-state index < -0.39 is 15.7 Å². The van der Waals surface area contributed by atoms with Crippen molar-refractivity contribution in [2.45, 2.75) is 9.10 Å². The summed E-state index contributed by atoms with van der Waals surface area (Å²) >= 11 is 0.917. The molecule has 0 saturated carbocycles. The highest BCUT2D eigenvalue weighted by Crippen LogP contribution is 2.28. The maximum atomic E-state index is 12.5. The lowest BCUT2D eigenvalue weighted by atomic mass is 10.2. The van der Waals surface area contributed by atoms with Crippen LogP contribution in [-0.2, 0) is 9.84 Å². The van der Waals surface area contributed by atoms with Crippen molar-refractivity contribution in [3.05, 3.63) is 77.2 Å². The maximum Gasteiger partial charge on any atom is 0.265 e. The average molecular weight is 368 g/mol. The molecule has 3 rings (SSSR count). The summed E-state index contributed by atoms with van der Waals surface area (Å²) in [6, 6.07) is 19.4. The number of nitrogens with one attached hydrogen (secondary N) is 1. The number of thiophene rings is 1. The van der Waals surface area contributed by atoms with Gasteiger partial charge in [-0.05, 0) is 48.5 Å². The van der Waals surface area contributed by atoms with Gasteiger partial charge in [0.15, 0.2) is 0 Å². The van der Waals surface area contributed by atoms with Crippen LogP contribution in [0.3, 0.4) is 0 Å². The first kappa shape index (κ1) is 16.9. The second-order valence-electron chi connectivity index (χ2n) is 5.08. The maximum absolute atomic E-state index is 12.5. The van der Waals surface area contributed by atoms with Gasteiger partial charge in [0.2, 0.25) is 9.84 Å². The number of hydrogen-bond donors (Lipinski definition) is 1. The Kier molecular flexibility index (Phi) is 4.65. The van der Waals surface area contributed by atoms with Crippen LogP contribution in [0.15, 0.2) is 75.8 Å². The van der Waals surface area contributed by atoms with Crippen molar-refractivity contribution in [3.8, 4) is 6.07 Å². The number of nitriles is 1. The highest BCUT2D eigenvalue weighted by molar-refractivity contribution is 7.93. The van der Waals surface area contributed by atoms with E-state index >= 15 is 0 Å². The fourth-order valence-electron chi connectivity index (χ4n) is 2.12. The normalized spacial score (nSPS) is 10.8. The summed E-state index contributed by atoms with van der Waals surface area (Å²) < 4.78 is 25.2. The number of anilines is 1. The first-order valence-electron chi connectivity index (χ1n) is 7.22. The summed E-state index contributed by atoms with van der Waals surface area (Å²) in [4.78, 5) is 12.8. The molecule has 0 saturated heterocycles. The first-order chi connectivity index (χ1) is 12.0. The van der Waals surface area contributed by atoms with E-state index in [1.165, 1.54) is 24.3 Å². The molecule has 0 unspecified atom stereocenters. The lowest BCUT2D eigenvalue weighted by Gasteiger charge is -2.03. The van der Waals surface area contributed by atoms with E-state index in [9.17, 15) is 13.2 Å². The van der Waals surface area contributed by atoms with Crippen LogP contribution >= 0.6 is 11.3 Å². The van der Waals surface area contributed by atoms with Gasteiger partial charge < -0.3 is 5.32 Å². The molecule has 0 aliphatic carbocycles. The first-order valence-corrected chi connectivity index (χ1v) is 9.52. The van der Waals surface area contributed by atoms with Crippen LogP contribution in [0.5, 0.6) is 0 Å². The average Bonchev–Trinajstić information content (AvgIpc) is 3.14. The second-order valence-corrected chi connectivity index (χ2v) is 8.34. The van der Waals surface area contributed by atoms with Gasteiger partial charge in [-0.15, -0.1) is 11.3 Å². The zero-order valence-corrected chi connectivity index (χ0v) is 14.5. The summed E-state index contributed by atoms with van der Waals surface area (Å²) in [7, 11) is -3.63. The van der Waals surface area contributed by atoms with Gasteiger partial charge in [-0.1, -0.05) is 18.2 Å². The smallest absolute Gasteiger partial charge is 0.265 e. The summed E-state index contributed by atoms with van der Waals surface area (Å²) in [5, 5.41) is 11.5. The van der Waals surface area contributed by atoms with Crippen LogP contribution in [-0.4, -0.2) is 14.3 Å². The third kappa shape index (κ3) is 3.60. The van der Waals surface area contributed by atoms with Crippen LogP contribution in [0.1, 0.15) is 15.2 Å². The molecule has 0 aliphatic heterocycles. The Morgan fingerprint density at radius 1 is 0.960 bits per heavy atom. The Morgan fingerprint density at radius 3 is 2.28 bits per heavy atom. The zero-order valence-electron chi connectivity index (χ0n) is 12.8. The molecule has 3 aromatic rings.